The highest BCUT2D eigenvalue weighted by atomic mass is 32.1. The predicted octanol–water partition coefficient (Wildman–Crippen LogP) is 3.47. The summed E-state index contributed by atoms with van der Waals surface area (Å²) in [6.45, 7) is 6.16. The zero-order valence-electron chi connectivity index (χ0n) is 13.9. The van der Waals surface area contributed by atoms with Crippen LogP contribution in [0, 0.1) is 5.41 Å². The zero-order chi connectivity index (χ0) is 17.5. The second kappa shape index (κ2) is 5.97. The molecule has 3 heterocycles. The molecule has 1 saturated heterocycles. The van der Waals surface area contributed by atoms with Crippen molar-refractivity contribution in [2.75, 3.05) is 13.1 Å². The first-order valence-corrected chi connectivity index (χ1v) is 9.53. The summed E-state index contributed by atoms with van der Waals surface area (Å²) in [4.78, 5) is 31.8. The van der Waals surface area contributed by atoms with Crippen LogP contribution in [-0.4, -0.2) is 40.0 Å². The number of hydrogen-bond donors (Lipinski definition) is 1. The Balaban J connectivity index is 1.80. The molecule has 0 radical (unpaired) electrons. The average Bonchev–Trinajstić information content (AvgIpc) is 3.26. The number of hydrogen-bond acceptors (Lipinski definition) is 5. The third-order valence-electron chi connectivity index (χ3n) is 4.69. The molecule has 0 aliphatic carbocycles. The SMILES string of the molecule is CC1(C(=O)O)CCN(C(=O)C(C)(C)c2csc(-c3cccs3)n2)C1. The van der Waals surface area contributed by atoms with Crippen molar-refractivity contribution in [1.29, 1.82) is 0 Å². The maximum atomic E-state index is 13.0. The van der Waals surface area contributed by atoms with Gasteiger partial charge in [0.2, 0.25) is 5.91 Å². The van der Waals surface area contributed by atoms with Gasteiger partial charge in [0.15, 0.2) is 0 Å². The number of nitrogens with zero attached hydrogens (tertiary/aromatic N) is 2. The van der Waals surface area contributed by atoms with Crippen molar-refractivity contribution < 1.29 is 14.7 Å². The summed E-state index contributed by atoms with van der Waals surface area (Å²) in [5, 5.41) is 14.2. The van der Waals surface area contributed by atoms with E-state index in [-0.39, 0.29) is 12.5 Å². The van der Waals surface area contributed by atoms with E-state index in [1.807, 2.05) is 36.7 Å². The van der Waals surface area contributed by atoms with Gasteiger partial charge < -0.3 is 10.0 Å². The van der Waals surface area contributed by atoms with Crippen molar-refractivity contribution in [3.05, 3.63) is 28.6 Å². The third-order valence-corrected chi connectivity index (χ3v) is 6.57. The molecular formula is C17H20N2O3S2. The van der Waals surface area contributed by atoms with E-state index in [4.69, 9.17) is 0 Å². The lowest BCUT2D eigenvalue weighted by Gasteiger charge is -2.28. The van der Waals surface area contributed by atoms with Gasteiger partial charge >= 0.3 is 5.97 Å². The molecule has 128 valence electrons. The van der Waals surface area contributed by atoms with E-state index in [2.05, 4.69) is 4.98 Å². The molecule has 1 fully saturated rings. The second-order valence-corrected chi connectivity index (χ2v) is 8.79. The maximum Gasteiger partial charge on any atom is 0.311 e. The number of carboxylic acid groups (broad SMARTS) is 1. The molecule has 1 N–H and O–H groups in total. The molecule has 1 unspecified atom stereocenters. The maximum absolute atomic E-state index is 13.0. The van der Waals surface area contributed by atoms with Gasteiger partial charge in [0.05, 0.1) is 21.4 Å². The van der Waals surface area contributed by atoms with Crippen molar-refractivity contribution in [3.63, 3.8) is 0 Å². The summed E-state index contributed by atoms with van der Waals surface area (Å²) < 4.78 is 0. The lowest BCUT2D eigenvalue weighted by atomic mass is 9.87. The molecule has 1 atom stereocenters. The van der Waals surface area contributed by atoms with E-state index in [0.717, 1.165) is 15.6 Å². The summed E-state index contributed by atoms with van der Waals surface area (Å²) in [5.41, 5.74) is -0.879. The summed E-state index contributed by atoms with van der Waals surface area (Å²) in [7, 11) is 0. The highest BCUT2D eigenvalue weighted by molar-refractivity contribution is 7.20. The summed E-state index contributed by atoms with van der Waals surface area (Å²) in [6.07, 6.45) is 0.488. The van der Waals surface area contributed by atoms with Gasteiger partial charge in [-0.15, -0.1) is 22.7 Å². The average molecular weight is 364 g/mol. The van der Waals surface area contributed by atoms with E-state index >= 15 is 0 Å². The number of aliphatic carboxylic acids is 1. The minimum atomic E-state index is -0.851. The van der Waals surface area contributed by atoms with Crippen LogP contribution in [0.2, 0.25) is 0 Å². The van der Waals surface area contributed by atoms with E-state index < -0.39 is 16.8 Å². The van der Waals surface area contributed by atoms with Gasteiger partial charge in [-0.05, 0) is 38.6 Å². The minimum Gasteiger partial charge on any atom is -0.481 e. The topological polar surface area (TPSA) is 70.5 Å². The molecule has 2 aromatic rings. The highest BCUT2D eigenvalue weighted by Gasteiger charge is 2.46. The minimum absolute atomic E-state index is 0.0597. The number of carbonyl (C=O) groups is 2. The molecule has 0 saturated carbocycles. The van der Waals surface area contributed by atoms with E-state index in [1.54, 1.807) is 23.2 Å². The Morgan fingerprint density at radius 1 is 1.38 bits per heavy atom. The van der Waals surface area contributed by atoms with Crippen LogP contribution < -0.4 is 0 Å². The summed E-state index contributed by atoms with van der Waals surface area (Å²) >= 11 is 3.16. The fraction of sp³-hybridized carbons (Fsp3) is 0.471. The van der Waals surface area contributed by atoms with Gasteiger partial charge in [-0.25, -0.2) is 4.98 Å². The molecule has 1 amide bonds. The van der Waals surface area contributed by atoms with Crippen molar-refractivity contribution in [2.24, 2.45) is 5.41 Å². The van der Waals surface area contributed by atoms with Crippen LogP contribution in [0.1, 0.15) is 32.9 Å². The van der Waals surface area contributed by atoms with Gasteiger partial charge in [-0.1, -0.05) is 6.07 Å². The monoisotopic (exact) mass is 364 g/mol. The number of likely N-dealkylation sites (tertiary alicyclic amines) is 1. The van der Waals surface area contributed by atoms with Crippen LogP contribution in [0.3, 0.4) is 0 Å². The number of rotatable bonds is 4. The largest absolute Gasteiger partial charge is 0.481 e. The first kappa shape index (κ1) is 17.1. The molecular weight excluding hydrogens is 344 g/mol. The molecule has 0 spiro atoms. The van der Waals surface area contributed by atoms with Gasteiger partial charge in [-0.3, -0.25) is 9.59 Å². The Bertz CT molecular complexity index is 767. The van der Waals surface area contributed by atoms with Crippen LogP contribution in [0.4, 0.5) is 0 Å². The molecule has 7 heteroatoms. The Labute approximate surface area is 149 Å². The molecule has 1 aliphatic heterocycles. The van der Waals surface area contributed by atoms with Crippen molar-refractivity contribution in [2.45, 2.75) is 32.6 Å². The third kappa shape index (κ3) is 2.86. The van der Waals surface area contributed by atoms with Gasteiger partial charge in [-0.2, -0.15) is 0 Å². The summed E-state index contributed by atoms with van der Waals surface area (Å²) in [5.74, 6) is -0.903. The van der Waals surface area contributed by atoms with Gasteiger partial charge in [0.25, 0.3) is 0 Å². The van der Waals surface area contributed by atoms with Gasteiger partial charge in [0, 0.05) is 18.5 Å². The lowest BCUT2D eigenvalue weighted by Crippen LogP contribution is -2.44. The van der Waals surface area contributed by atoms with E-state index in [9.17, 15) is 14.7 Å². The first-order chi connectivity index (χ1) is 11.2. The number of carboxylic acids is 1. The van der Waals surface area contributed by atoms with Crippen LogP contribution in [0.5, 0.6) is 0 Å². The fourth-order valence-corrected chi connectivity index (χ4v) is 4.69. The normalized spacial score (nSPS) is 21.2. The molecule has 1 aliphatic rings. The van der Waals surface area contributed by atoms with Crippen molar-refractivity contribution >= 4 is 34.6 Å². The molecule has 5 nitrogen and oxygen atoms in total. The predicted molar refractivity (Wildman–Crippen MR) is 95.4 cm³/mol. The van der Waals surface area contributed by atoms with Crippen LogP contribution >= 0.6 is 22.7 Å². The quantitative estimate of drug-likeness (QED) is 0.902. The number of aromatic nitrogens is 1. The Morgan fingerprint density at radius 2 is 2.12 bits per heavy atom. The highest BCUT2D eigenvalue weighted by Crippen LogP contribution is 2.36. The standard InChI is InChI=1S/C17H20N2O3S2/c1-16(2,12-9-24-13(18-12)11-5-4-8-23-11)14(20)19-7-6-17(3,10-19)15(21)22/h4-5,8-9H,6-7,10H2,1-3H3,(H,21,22). The Kier molecular flexibility index (Phi) is 4.25. The van der Waals surface area contributed by atoms with E-state index in [0.29, 0.717) is 13.0 Å². The van der Waals surface area contributed by atoms with Crippen molar-refractivity contribution in [3.8, 4) is 9.88 Å². The summed E-state index contributed by atoms with van der Waals surface area (Å²) in [6, 6.07) is 4.00. The Hall–Kier alpha value is -1.73. The van der Waals surface area contributed by atoms with Crippen LogP contribution in [0.15, 0.2) is 22.9 Å². The number of thiazole rings is 1. The van der Waals surface area contributed by atoms with Crippen molar-refractivity contribution in [1.82, 2.24) is 9.88 Å². The number of amides is 1. The molecule has 3 rings (SSSR count). The smallest absolute Gasteiger partial charge is 0.311 e. The molecule has 0 aromatic carbocycles. The number of thiophene rings is 1. The lowest BCUT2D eigenvalue weighted by molar-refractivity contribution is -0.147. The first-order valence-electron chi connectivity index (χ1n) is 7.77. The van der Waals surface area contributed by atoms with E-state index in [1.165, 1.54) is 11.3 Å². The molecule has 0 bridgehead atoms. The molecule has 24 heavy (non-hydrogen) atoms. The molecule has 2 aromatic heterocycles. The zero-order valence-corrected chi connectivity index (χ0v) is 15.5. The Morgan fingerprint density at radius 3 is 2.71 bits per heavy atom. The second-order valence-electron chi connectivity index (χ2n) is 6.98. The van der Waals surface area contributed by atoms with Crippen LogP contribution in [0.25, 0.3) is 9.88 Å². The number of carbonyl (C=O) groups excluding carboxylic acids is 1. The fourth-order valence-electron chi connectivity index (χ4n) is 2.89. The van der Waals surface area contributed by atoms with Crippen LogP contribution in [-0.2, 0) is 15.0 Å². The van der Waals surface area contributed by atoms with Gasteiger partial charge in [0.1, 0.15) is 5.01 Å².